The number of ether oxygens (including phenoxy) is 1. The first-order valence-electron chi connectivity index (χ1n) is 6.23. The Bertz CT molecular complexity index is 333. The fourth-order valence-electron chi connectivity index (χ4n) is 2.10. The molecule has 1 aliphatic rings. The van der Waals surface area contributed by atoms with Gasteiger partial charge in [-0.25, -0.2) is 0 Å². The van der Waals surface area contributed by atoms with Crippen molar-refractivity contribution in [3.63, 3.8) is 0 Å². The van der Waals surface area contributed by atoms with E-state index >= 15 is 0 Å². The zero-order chi connectivity index (χ0) is 11.4. The van der Waals surface area contributed by atoms with E-state index in [1.807, 2.05) is 18.2 Å². The van der Waals surface area contributed by atoms with Crippen molar-refractivity contribution in [3.8, 4) is 0 Å². The first-order chi connectivity index (χ1) is 7.75. The Balaban J connectivity index is 1.76. The zero-order valence-electron chi connectivity index (χ0n) is 9.99. The second-order valence-electron chi connectivity index (χ2n) is 4.77. The molecule has 1 aromatic rings. The van der Waals surface area contributed by atoms with Crippen LogP contribution < -0.4 is 5.73 Å². The van der Waals surface area contributed by atoms with Crippen molar-refractivity contribution in [2.75, 3.05) is 12.3 Å². The summed E-state index contributed by atoms with van der Waals surface area (Å²) in [6.45, 7) is 2.97. The summed E-state index contributed by atoms with van der Waals surface area (Å²) < 4.78 is 5.83. The molecule has 1 unspecified atom stereocenters. The molecule has 1 saturated carbocycles. The van der Waals surface area contributed by atoms with Crippen LogP contribution in [0.2, 0.25) is 0 Å². The number of anilines is 1. The molecule has 0 heterocycles. The number of benzene rings is 1. The van der Waals surface area contributed by atoms with Gasteiger partial charge in [-0.3, -0.25) is 0 Å². The summed E-state index contributed by atoms with van der Waals surface area (Å²) in [7, 11) is 0. The molecule has 0 spiro atoms. The molecule has 2 rings (SSSR count). The number of nitrogens with two attached hydrogens (primary N) is 1. The van der Waals surface area contributed by atoms with E-state index in [0.29, 0.717) is 0 Å². The summed E-state index contributed by atoms with van der Waals surface area (Å²) in [5.74, 6) is 0.924. The first-order valence-corrected chi connectivity index (χ1v) is 6.23. The van der Waals surface area contributed by atoms with Gasteiger partial charge < -0.3 is 10.5 Å². The average Bonchev–Trinajstić information content (AvgIpc) is 2.21. The van der Waals surface area contributed by atoms with Crippen molar-refractivity contribution in [2.24, 2.45) is 5.92 Å². The number of hydrogen-bond donors (Lipinski definition) is 1. The van der Waals surface area contributed by atoms with Crippen LogP contribution in [-0.4, -0.2) is 6.61 Å². The third-order valence-electron chi connectivity index (χ3n) is 3.50. The van der Waals surface area contributed by atoms with Gasteiger partial charge in [0.15, 0.2) is 0 Å². The predicted molar refractivity (Wildman–Crippen MR) is 67.2 cm³/mol. The maximum atomic E-state index is 5.83. The highest BCUT2D eigenvalue weighted by molar-refractivity contribution is 5.41. The maximum absolute atomic E-state index is 5.83. The van der Waals surface area contributed by atoms with Gasteiger partial charge in [0.25, 0.3) is 0 Å². The van der Waals surface area contributed by atoms with Crippen LogP contribution in [0.15, 0.2) is 24.3 Å². The molecule has 0 aromatic heterocycles. The van der Waals surface area contributed by atoms with Crippen molar-refractivity contribution in [2.45, 2.75) is 38.7 Å². The number of nitrogen functional groups attached to an aromatic ring is 1. The van der Waals surface area contributed by atoms with E-state index in [9.17, 15) is 0 Å². The summed E-state index contributed by atoms with van der Waals surface area (Å²) in [5.41, 5.74) is 7.74. The van der Waals surface area contributed by atoms with Crippen molar-refractivity contribution < 1.29 is 4.74 Å². The minimum Gasteiger partial charge on any atom is -0.399 e. The second-order valence-corrected chi connectivity index (χ2v) is 4.77. The lowest BCUT2D eigenvalue weighted by Crippen LogP contribution is -2.14. The molecule has 88 valence electrons. The largest absolute Gasteiger partial charge is 0.399 e. The Morgan fingerprint density at radius 2 is 2.25 bits per heavy atom. The highest BCUT2D eigenvalue weighted by atomic mass is 16.5. The summed E-state index contributed by atoms with van der Waals surface area (Å²) in [6, 6.07) is 7.96. The summed E-state index contributed by atoms with van der Waals surface area (Å²) >= 11 is 0. The molecule has 1 aromatic carbocycles. The third-order valence-corrected chi connectivity index (χ3v) is 3.50. The van der Waals surface area contributed by atoms with Crippen LogP contribution in [0.25, 0.3) is 0 Å². The lowest BCUT2D eigenvalue weighted by atomic mass is 9.83. The molecule has 1 fully saturated rings. The van der Waals surface area contributed by atoms with Crippen LogP contribution in [0.4, 0.5) is 5.69 Å². The highest BCUT2D eigenvalue weighted by Crippen LogP contribution is 2.30. The lowest BCUT2D eigenvalue weighted by Gasteiger charge is -2.25. The summed E-state index contributed by atoms with van der Waals surface area (Å²) in [4.78, 5) is 0. The van der Waals surface area contributed by atoms with Crippen LogP contribution in [0.3, 0.4) is 0 Å². The number of rotatable bonds is 5. The third kappa shape index (κ3) is 2.99. The SMILES string of the molecule is CC(OCCC1CCC1)c1cccc(N)c1. The van der Waals surface area contributed by atoms with E-state index < -0.39 is 0 Å². The molecule has 2 N–H and O–H groups in total. The molecule has 2 heteroatoms. The van der Waals surface area contributed by atoms with Gasteiger partial charge in [-0.15, -0.1) is 0 Å². The van der Waals surface area contributed by atoms with Crippen molar-refractivity contribution in [3.05, 3.63) is 29.8 Å². The molecule has 1 aliphatic carbocycles. The Morgan fingerprint density at radius 1 is 1.44 bits per heavy atom. The topological polar surface area (TPSA) is 35.2 Å². The quantitative estimate of drug-likeness (QED) is 0.769. The fourth-order valence-corrected chi connectivity index (χ4v) is 2.10. The van der Waals surface area contributed by atoms with E-state index in [1.165, 1.54) is 31.2 Å². The van der Waals surface area contributed by atoms with Gasteiger partial charge in [-0.1, -0.05) is 31.4 Å². The van der Waals surface area contributed by atoms with E-state index in [0.717, 1.165) is 18.2 Å². The Labute approximate surface area is 97.8 Å². The Hall–Kier alpha value is -1.02. The van der Waals surface area contributed by atoms with Gasteiger partial charge in [-0.2, -0.15) is 0 Å². The normalized spacial score (nSPS) is 18.1. The van der Waals surface area contributed by atoms with Gasteiger partial charge in [0.05, 0.1) is 6.10 Å². The smallest absolute Gasteiger partial charge is 0.0797 e. The zero-order valence-corrected chi connectivity index (χ0v) is 9.99. The molecule has 0 amide bonds. The lowest BCUT2D eigenvalue weighted by molar-refractivity contribution is 0.0485. The van der Waals surface area contributed by atoms with Gasteiger partial charge in [0.2, 0.25) is 0 Å². The summed E-state index contributed by atoms with van der Waals surface area (Å²) in [5, 5.41) is 0. The minimum atomic E-state index is 0.156. The van der Waals surface area contributed by atoms with Gasteiger partial charge in [0, 0.05) is 12.3 Å². The first kappa shape index (κ1) is 11.5. The van der Waals surface area contributed by atoms with E-state index in [1.54, 1.807) is 0 Å². The fraction of sp³-hybridized carbons (Fsp3) is 0.571. The molecular weight excluding hydrogens is 198 g/mol. The number of hydrogen-bond acceptors (Lipinski definition) is 2. The van der Waals surface area contributed by atoms with E-state index in [4.69, 9.17) is 10.5 Å². The van der Waals surface area contributed by atoms with Crippen LogP contribution in [0.1, 0.15) is 44.3 Å². The molecule has 0 bridgehead atoms. The molecule has 2 nitrogen and oxygen atoms in total. The Morgan fingerprint density at radius 3 is 2.88 bits per heavy atom. The standard InChI is InChI=1S/C14H21NO/c1-11(13-6-3-7-14(15)10-13)16-9-8-12-4-2-5-12/h3,6-7,10-12H,2,4-5,8-9,15H2,1H3. The molecule has 0 radical (unpaired) electrons. The van der Waals surface area contributed by atoms with Crippen LogP contribution in [0, 0.1) is 5.92 Å². The van der Waals surface area contributed by atoms with Crippen LogP contribution in [0.5, 0.6) is 0 Å². The van der Waals surface area contributed by atoms with E-state index in [2.05, 4.69) is 13.0 Å². The second kappa shape index (κ2) is 5.35. The van der Waals surface area contributed by atoms with Gasteiger partial charge in [-0.05, 0) is 37.0 Å². The van der Waals surface area contributed by atoms with Crippen molar-refractivity contribution in [1.82, 2.24) is 0 Å². The minimum absolute atomic E-state index is 0.156. The van der Waals surface area contributed by atoms with E-state index in [-0.39, 0.29) is 6.10 Å². The highest BCUT2D eigenvalue weighted by Gasteiger charge is 2.17. The monoisotopic (exact) mass is 219 g/mol. The summed E-state index contributed by atoms with van der Waals surface area (Å²) in [6.07, 6.45) is 5.58. The van der Waals surface area contributed by atoms with Gasteiger partial charge >= 0.3 is 0 Å². The average molecular weight is 219 g/mol. The molecule has 0 aliphatic heterocycles. The Kier molecular flexibility index (Phi) is 3.83. The molecule has 1 atom stereocenters. The van der Waals surface area contributed by atoms with Gasteiger partial charge in [0.1, 0.15) is 0 Å². The molecule has 0 saturated heterocycles. The van der Waals surface area contributed by atoms with Crippen molar-refractivity contribution in [1.29, 1.82) is 0 Å². The van der Waals surface area contributed by atoms with Crippen LogP contribution >= 0.6 is 0 Å². The molecular formula is C14H21NO. The predicted octanol–water partition coefficient (Wildman–Crippen LogP) is 3.54. The maximum Gasteiger partial charge on any atom is 0.0797 e. The van der Waals surface area contributed by atoms with Crippen molar-refractivity contribution >= 4 is 5.69 Å². The van der Waals surface area contributed by atoms with Crippen LogP contribution in [-0.2, 0) is 4.74 Å². The molecule has 16 heavy (non-hydrogen) atoms.